The van der Waals surface area contributed by atoms with Gasteiger partial charge in [-0.25, -0.2) is 10.4 Å². The summed E-state index contributed by atoms with van der Waals surface area (Å²) in [6.45, 7) is 0. The standard InChI is InChI=1S/C8H8N4O/c9-11-8(13)6-2-4-12-7(5-6)1-3-10-12/h1-5H,9H2,(H,11,13). The third-order valence-corrected chi connectivity index (χ3v) is 1.79. The molecule has 0 fully saturated rings. The lowest BCUT2D eigenvalue weighted by molar-refractivity contribution is 0.0953. The first-order chi connectivity index (χ1) is 6.31. The number of rotatable bonds is 1. The number of hydrazine groups is 1. The number of amides is 1. The third kappa shape index (κ3) is 1.25. The molecule has 2 aromatic heterocycles. The van der Waals surface area contributed by atoms with Gasteiger partial charge in [0.25, 0.3) is 5.91 Å². The van der Waals surface area contributed by atoms with E-state index in [1.54, 1.807) is 29.0 Å². The average molecular weight is 176 g/mol. The van der Waals surface area contributed by atoms with Gasteiger partial charge in [0.05, 0.1) is 5.52 Å². The number of nitrogens with zero attached hydrogens (tertiary/aromatic N) is 2. The van der Waals surface area contributed by atoms with E-state index in [0.29, 0.717) is 5.56 Å². The van der Waals surface area contributed by atoms with Crippen LogP contribution in [-0.2, 0) is 0 Å². The number of carbonyl (C=O) groups excluding carboxylic acids is 1. The number of nitrogens with one attached hydrogen (secondary N) is 1. The van der Waals surface area contributed by atoms with Crippen LogP contribution in [0, 0.1) is 0 Å². The first kappa shape index (κ1) is 7.75. The molecule has 0 saturated heterocycles. The molecule has 0 aliphatic rings. The summed E-state index contributed by atoms with van der Waals surface area (Å²) < 4.78 is 1.67. The quantitative estimate of drug-likeness (QED) is 0.363. The fourth-order valence-electron chi connectivity index (χ4n) is 1.15. The summed E-state index contributed by atoms with van der Waals surface area (Å²) in [5, 5.41) is 4.00. The number of pyridine rings is 1. The van der Waals surface area contributed by atoms with Crippen LogP contribution in [0.25, 0.3) is 5.52 Å². The molecule has 0 spiro atoms. The Kier molecular flexibility index (Phi) is 1.71. The van der Waals surface area contributed by atoms with E-state index in [-0.39, 0.29) is 5.91 Å². The van der Waals surface area contributed by atoms with E-state index in [0.717, 1.165) is 5.52 Å². The minimum Gasteiger partial charge on any atom is -0.290 e. The van der Waals surface area contributed by atoms with Gasteiger partial charge in [0.1, 0.15) is 0 Å². The molecule has 0 aromatic carbocycles. The van der Waals surface area contributed by atoms with Crippen LogP contribution >= 0.6 is 0 Å². The molecule has 0 bridgehead atoms. The lowest BCUT2D eigenvalue weighted by Crippen LogP contribution is -2.29. The second kappa shape index (κ2) is 2.87. The first-order valence-corrected chi connectivity index (χ1v) is 3.75. The van der Waals surface area contributed by atoms with Gasteiger partial charge in [-0.05, 0) is 18.2 Å². The third-order valence-electron chi connectivity index (χ3n) is 1.79. The van der Waals surface area contributed by atoms with Crippen LogP contribution in [0.2, 0.25) is 0 Å². The van der Waals surface area contributed by atoms with Gasteiger partial charge in [0, 0.05) is 18.0 Å². The fourth-order valence-corrected chi connectivity index (χ4v) is 1.15. The highest BCUT2D eigenvalue weighted by Gasteiger charge is 2.03. The van der Waals surface area contributed by atoms with Crippen LogP contribution in [0.5, 0.6) is 0 Å². The van der Waals surface area contributed by atoms with E-state index in [9.17, 15) is 4.79 Å². The molecule has 0 saturated carbocycles. The maximum Gasteiger partial charge on any atom is 0.265 e. The van der Waals surface area contributed by atoms with Crippen LogP contribution in [0.3, 0.4) is 0 Å². The van der Waals surface area contributed by atoms with Crippen molar-refractivity contribution < 1.29 is 4.79 Å². The SMILES string of the molecule is NNC(=O)c1ccn2nccc2c1. The van der Waals surface area contributed by atoms with E-state index in [2.05, 4.69) is 10.5 Å². The maximum atomic E-state index is 11.1. The Balaban J connectivity index is 2.54. The number of hydrogen-bond acceptors (Lipinski definition) is 3. The van der Waals surface area contributed by atoms with Gasteiger partial charge in [0.2, 0.25) is 0 Å². The molecule has 2 rings (SSSR count). The van der Waals surface area contributed by atoms with Crippen molar-refractivity contribution in [1.29, 1.82) is 0 Å². The molecule has 5 heteroatoms. The molecule has 0 atom stereocenters. The van der Waals surface area contributed by atoms with Crippen molar-refractivity contribution in [3.63, 3.8) is 0 Å². The second-order valence-corrected chi connectivity index (χ2v) is 2.59. The Labute approximate surface area is 74.1 Å². The molecule has 3 N–H and O–H groups in total. The van der Waals surface area contributed by atoms with Gasteiger partial charge in [-0.1, -0.05) is 0 Å². The number of aromatic nitrogens is 2. The average Bonchev–Trinajstić information content (AvgIpc) is 2.63. The summed E-state index contributed by atoms with van der Waals surface area (Å²) in [6, 6.07) is 5.19. The number of nitrogens with two attached hydrogens (primary N) is 1. The monoisotopic (exact) mass is 176 g/mol. The van der Waals surface area contributed by atoms with Crippen LogP contribution < -0.4 is 11.3 Å². The molecule has 13 heavy (non-hydrogen) atoms. The zero-order valence-corrected chi connectivity index (χ0v) is 6.77. The Bertz CT molecular complexity index is 448. The van der Waals surface area contributed by atoms with Gasteiger partial charge in [0.15, 0.2) is 0 Å². The van der Waals surface area contributed by atoms with Gasteiger partial charge in [-0.3, -0.25) is 10.2 Å². The van der Waals surface area contributed by atoms with Gasteiger partial charge in [-0.15, -0.1) is 0 Å². The number of hydrogen-bond donors (Lipinski definition) is 2. The van der Waals surface area contributed by atoms with E-state index < -0.39 is 0 Å². The summed E-state index contributed by atoms with van der Waals surface area (Å²) in [5.41, 5.74) is 3.46. The van der Waals surface area contributed by atoms with Crippen molar-refractivity contribution in [2.24, 2.45) is 5.84 Å². The van der Waals surface area contributed by atoms with Crippen LogP contribution in [0.1, 0.15) is 10.4 Å². The topological polar surface area (TPSA) is 72.4 Å². The molecule has 0 unspecified atom stereocenters. The molecule has 5 nitrogen and oxygen atoms in total. The molecule has 1 amide bonds. The summed E-state index contributed by atoms with van der Waals surface area (Å²) >= 11 is 0. The number of nitrogen functional groups attached to an aromatic ring is 1. The zero-order chi connectivity index (χ0) is 9.26. The lowest BCUT2D eigenvalue weighted by atomic mass is 10.2. The number of carbonyl (C=O) groups is 1. The Morgan fingerprint density at radius 1 is 1.54 bits per heavy atom. The van der Waals surface area contributed by atoms with Crippen molar-refractivity contribution in [2.75, 3.05) is 0 Å². The Hall–Kier alpha value is -1.88. The van der Waals surface area contributed by atoms with Crippen molar-refractivity contribution in [1.82, 2.24) is 15.0 Å². The zero-order valence-electron chi connectivity index (χ0n) is 6.77. The van der Waals surface area contributed by atoms with Crippen molar-refractivity contribution in [3.05, 3.63) is 36.2 Å². The van der Waals surface area contributed by atoms with Crippen LogP contribution in [0.4, 0.5) is 0 Å². The Morgan fingerprint density at radius 3 is 3.15 bits per heavy atom. The molecular weight excluding hydrogens is 168 g/mol. The normalized spacial score (nSPS) is 10.2. The van der Waals surface area contributed by atoms with E-state index >= 15 is 0 Å². The summed E-state index contributed by atoms with van der Waals surface area (Å²) in [7, 11) is 0. The second-order valence-electron chi connectivity index (χ2n) is 2.59. The lowest BCUT2D eigenvalue weighted by Gasteiger charge is -1.99. The van der Waals surface area contributed by atoms with Crippen molar-refractivity contribution >= 4 is 11.4 Å². The van der Waals surface area contributed by atoms with Crippen molar-refractivity contribution in [2.45, 2.75) is 0 Å². The minimum absolute atomic E-state index is 0.302. The molecule has 2 aromatic rings. The van der Waals surface area contributed by atoms with E-state index in [1.807, 2.05) is 6.07 Å². The molecule has 0 radical (unpaired) electrons. The minimum atomic E-state index is -0.302. The predicted octanol–water partition coefficient (Wildman–Crippen LogP) is -0.0622. The molecular formula is C8H8N4O. The fraction of sp³-hybridized carbons (Fsp3) is 0. The van der Waals surface area contributed by atoms with E-state index in [1.165, 1.54) is 0 Å². The summed E-state index contributed by atoms with van der Waals surface area (Å²) in [6.07, 6.45) is 3.37. The highest BCUT2D eigenvalue weighted by molar-refractivity contribution is 5.94. The molecule has 2 heterocycles. The van der Waals surface area contributed by atoms with Gasteiger partial charge in [-0.2, -0.15) is 5.10 Å². The molecule has 66 valence electrons. The summed E-state index contributed by atoms with van der Waals surface area (Å²) in [5.74, 6) is 4.70. The van der Waals surface area contributed by atoms with Crippen LogP contribution in [0.15, 0.2) is 30.6 Å². The highest BCUT2D eigenvalue weighted by Crippen LogP contribution is 2.05. The molecule has 0 aliphatic carbocycles. The maximum absolute atomic E-state index is 11.1. The van der Waals surface area contributed by atoms with Gasteiger partial charge < -0.3 is 0 Å². The van der Waals surface area contributed by atoms with Crippen LogP contribution in [-0.4, -0.2) is 15.5 Å². The highest BCUT2D eigenvalue weighted by atomic mass is 16.2. The number of fused-ring (bicyclic) bond motifs is 1. The van der Waals surface area contributed by atoms with E-state index in [4.69, 9.17) is 5.84 Å². The van der Waals surface area contributed by atoms with Crippen molar-refractivity contribution in [3.8, 4) is 0 Å². The first-order valence-electron chi connectivity index (χ1n) is 3.75. The Morgan fingerprint density at radius 2 is 2.38 bits per heavy atom. The molecule has 0 aliphatic heterocycles. The smallest absolute Gasteiger partial charge is 0.265 e. The van der Waals surface area contributed by atoms with Gasteiger partial charge >= 0.3 is 0 Å². The predicted molar refractivity (Wildman–Crippen MR) is 46.8 cm³/mol. The largest absolute Gasteiger partial charge is 0.290 e. The summed E-state index contributed by atoms with van der Waals surface area (Å²) in [4.78, 5) is 11.1.